The van der Waals surface area contributed by atoms with Crippen LogP contribution in [0.4, 0.5) is 0 Å². The van der Waals surface area contributed by atoms with Gasteiger partial charge in [-0.2, -0.15) is 5.10 Å². The third kappa shape index (κ3) is 2.71. The molecule has 6 heteroatoms. The van der Waals surface area contributed by atoms with Crippen molar-refractivity contribution in [1.82, 2.24) is 20.3 Å². The molecule has 1 N–H and O–H groups in total. The third-order valence-electron chi connectivity index (χ3n) is 5.09. The first-order chi connectivity index (χ1) is 12.6. The van der Waals surface area contributed by atoms with Crippen LogP contribution in [0.15, 0.2) is 34.9 Å². The first-order valence-corrected chi connectivity index (χ1v) is 8.91. The topological polar surface area (TPSA) is 73.0 Å². The van der Waals surface area contributed by atoms with Gasteiger partial charge in [0.05, 0.1) is 11.7 Å². The zero-order valence-electron chi connectivity index (χ0n) is 15.2. The van der Waals surface area contributed by atoms with E-state index in [-0.39, 0.29) is 11.9 Å². The molecule has 3 aromatic rings. The van der Waals surface area contributed by atoms with E-state index < -0.39 is 0 Å². The summed E-state index contributed by atoms with van der Waals surface area (Å²) in [6.07, 6.45) is 2.95. The summed E-state index contributed by atoms with van der Waals surface area (Å²) < 4.78 is 7.26. The van der Waals surface area contributed by atoms with E-state index in [1.807, 2.05) is 49.0 Å². The molecule has 0 aliphatic heterocycles. The first-order valence-electron chi connectivity index (χ1n) is 8.91. The minimum absolute atomic E-state index is 0.0297. The Hall–Kier alpha value is -2.89. The lowest BCUT2D eigenvalue weighted by atomic mass is 9.90. The molecule has 134 valence electrons. The fourth-order valence-electron chi connectivity index (χ4n) is 3.90. The average Bonchev–Trinajstić information content (AvgIpc) is 3.16. The molecule has 0 saturated heterocycles. The number of aryl methyl sites for hydroxylation is 3. The molecule has 1 aliphatic rings. The summed E-state index contributed by atoms with van der Waals surface area (Å²) in [5.74, 6) is 0.379. The standard InChI is InChI=1S/C20H22N4O2/c1-12-17-15(10-7-11-16(17)24(3)22-12)21-20(25)18-13(2)26-23-19(18)14-8-5-4-6-9-14/h4-6,8-9,15H,7,10-11H2,1-3H3,(H,21,25). The molecular formula is C20H22N4O2. The number of nitrogens with one attached hydrogen (secondary N) is 1. The quantitative estimate of drug-likeness (QED) is 0.785. The van der Waals surface area contributed by atoms with E-state index in [0.717, 1.165) is 36.1 Å². The summed E-state index contributed by atoms with van der Waals surface area (Å²) in [4.78, 5) is 13.1. The number of hydrogen-bond acceptors (Lipinski definition) is 4. The van der Waals surface area contributed by atoms with E-state index in [9.17, 15) is 4.79 Å². The number of carbonyl (C=O) groups excluding carboxylic acids is 1. The van der Waals surface area contributed by atoms with Gasteiger partial charge in [0.25, 0.3) is 5.91 Å². The van der Waals surface area contributed by atoms with Crippen molar-refractivity contribution in [2.75, 3.05) is 0 Å². The molecule has 6 nitrogen and oxygen atoms in total. The second-order valence-corrected chi connectivity index (χ2v) is 6.82. The summed E-state index contributed by atoms with van der Waals surface area (Å²) in [6.45, 7) is 3.78. The fraction of sp³-hybridized carbons (Fsp3) is 0.350. The van der Waals surface area contributed by atoms with Crippen LogP contribution < -0.4 is 5.32 Å². The first kappa shape index (κ1) is 16.6. The van der Waals surface area contributed by atoms with Crippen LogP contribution in [0.2, 0.25) is 0 Å². The van der Waals surface area contributed by atoms with Crippen LogP contribution in [0.5, 0.6) is 0 Å². The lowest BCUT2D eigenvalue weighted by Gasteiger charge is -2.24. The largest absolute Gasteiger partial charge is 0.360 e. The number of fused-ring (bicyclic) bond motifs is 1. The van der Waals surface area contributed by atoms with Crippen LogP contribution in [0, 0.1) is 13.8 Å². The maximum Gasteiger partial charge on any atom is 0.257 e. The molecule has 2 heterocycles. The Bertz CT molecular complexity index is 956. The summed E-state index contributed by atoms with van der Waals surface area (Å²) in [6, 6.07) is 9.61. The van der Waals surface area contributed by atoms with Gasteiger partial charge in [-0.05, 0) is 33.1 Å². The van der Waals surface area contributed by atoms with Crippen molar-refractivity contribution in [3.63, 3.8) is 0 Å². The zero-order chi connectivity index (χ0) is 18.3. The molecular weight excluding hydrogens is 328 g/mol. The Morgan fingerprint density at radius 1 is 1.27 bits per heavy atom. The van der Waals surface area contributed by atoms with Crippen LogP contribution >= 0.6 is 0 Å². The van der Waals surface area contributed by atoms with E-state index in [4.69, 9.17) is 4.52 Å². The highest BCUT2D eigenvalue weighted by Gasteiger charge is 2.30. The highest BCUT2D eigenvalue weighted by atomic mass is 16.5. The third-order valence-corrected chi connectivity index (χ3v) is 5.09. The maximum atomic E-state index is 13.1. The molecule has 0 radical (unpaired) electrons. The monoisotopic (exact) mass is 350 g/mol. The number of hydrogen-bond donors (Lipinski definition) is 1. The fourth-order valence-corrected chi connectivity index (χ4v) is 3.90. The van der Waals surface area contributed by atoms with Gasteiger partial charge in [-0.15, -0.1) is 0 Å². The Labute approximate surface area is 152 Å². The van der Waals surface area contributed by atoms with Gasteiger partial charge in [0.15, 0.2) is 0 Å². The molecule has 0 spiro atoms. The molecule has 2 aromatic heterocycles. The zero-order valence-corrected chi connectivity index (χ0v) is 15.2. The van der Waals surface area contributed by atoms with E-state index in [0.29, 0.717) is 17.0 Å². The van der Waals surface area contributed by atoms with Crippen molar-refractivity contribution in [3.8, 4) is 11.3 Å². The van der Waals surface area contributed by atoms with Gasteiger partial charge in [0.1, 0.15) is 17.0 Å². The van der Waals surface area contributed by atoms with Gasteiger partial charge in [-0.1, -0.05) is 35.5 Å². The minimum Gasteiger partial charge on any atom is -0.360 e. The van der Waals surface area contributed by atoms with Crippen LogP contribution in [0.25, 0.3) is 11.3 Å². The summed E-state index contributed by atoms with van der Waals surface area (Å²) in [5.41, 5.74) is 5.31. The lowest BCUT2D eigenvalue weighted by Crippen LogP contribution is -2.31. The van der Waals surface area contributed by atoms with Crippen molar-refractivity contribution < 1.29 is 9.32 Å². The van der Waals surface area contributed by atoms with Crippen LogP contribution in [-0.2, 0) is 13.5 Å². The number of carbonyl (C=O) groups is 1. The highest BCUT2D eigenvalue weighted by molar-refractivity contribution is 6.01. The van der Waals surface area contributed by atoms with Gasteiger partial charge in [0.2, 0.25) is 0 Å². The predicted octanol–water partition coefficient (Wildman–Crippen LogP) is 3.50. The Balaban J connectivity index is 1.66. The number of amides is 1. The van der Waals surface area contributed by atoms with Gasteiger partial charge in [-0.3, -0.25) is 9.48 Å². The second kappa shape index (κ2) is 6.44. The summed E-state index contributed by atoms with van der Waals surface area (Å²) in [5, 5.41) is 11.8. The Morgan fingerprint density at radius 3 is 2.81 bits per heavy atom. The van der Waals surface area contributed by atoms with Crippen molar-refractivity contribution in [1.29, 1.82) is 0 Å². The number of rotatable bonds is 3. The van der Waals surface area contributed by atoms with Gasteiger partial charge < -0.3 is 9.84 Å². The van der Waals surface area contributed by atoms with E-state index in [1.165, 1.54) is 5.69 Å². The SMILES string of the molecule is Cc1nn(C)c2c1C(NC(=O)c1c(-c3ccccc3)noc1C)CCC2. The Morgan fingerprint density at radius 2 is 2.04 bits per heavy atom. The van der Waals surface area contributed by atoms with Crippen LogP contribution in [0.3, 0.4) is 0 Å². The molecule has 1 unspecified atom stereocenters. The van der Waals surface area contributed by atoms with Crippen molar-refractivity contribution in [3.05, 3.63) is 58.6 Å². The molecule has 26 heavy (non-hydrogen) atoms. The predicted molar refractivity (Wildman–Crippen MR) is 97.8 cm³/mol. The molecule has 0 saturated carbocycles. The van der Waals surface area contributed by atoms with Crippen LogP contribution in [-0.4, -0.2) is 20.8 Å². The Kier molecular flexibility index (Phi) is 4.11. The minimum atomic E-state index is -0.149. The van der Waals surface area contributed by atoms with Gasteiger partial charge >= 0.3 is 0 Å². The van der Waals surface area contributed by atoms with Crippen LogP contribution in [0.1, 0.15) is 52.0 Å². The lowest BCUT2D eigenvalue weighted by molar-refractivity contribution is 0.0931. The molecule has 1 aliphatic carbocycles. The average molecular weight is 350 g/mol. The van der Waals surface area contributed by atoms with Gasteiger partial charge in [-0.25, -0.2) is 0 Å². The summed E-state index contributed by atoms with van der Waals surface area (Å²) in [7, 11) is 1.97. The highest BCUT2D eigenvalue weighted by Crippen LogP contribution is 2.33. The molecule has 1 aromatic carbocycles. The number of nitrogens with zero attached hydrogens (tertiary/aromatic N) is 3. The second-order valence-electron chi connectivity index (χ2n) is 6.82. The van der Waals surface area contributed by atoms with E-state index in [2.05, 4.69) is 15.6 Å². The van der Waals surface area contributed by atoms with Crippen molar-refractivity contribution >= 4 is 5.91 Å². The van der Waals surface area contributed by atoms with Crippen molar-refractivity contribution in [2.24, 2.45) is 7.05 Å². The molecule has 1 atom stereocenters. The molecule has 4 rings (SSSR count). The summed E-state index contributed by atoms with van der Waals surface area (Å²) >= 11 is 0. The van der Waals surface area contributed by atoms with E-state index in [1.54, 1.807) is 6.92 Å². The number of aromatic nitrogens is 3. The smallest absolute Gasteiger partial charge is 0.257 e. The molecule has 1 amide bonds. The molecule has 0 bridgehead atoms. The molecule has 0 fully saturated rings. The van der Waals surface area contributed by atoms with Gasteiger partial charge in [0, 0.05) is 23.9 Å². The van der Waals surface area contributed by atoms with Crippen molar-refractivity contribution in [2.45, 2.75) is 39.2 Å². The normalized spacial score (nSPS) is 16.3. The maximum absolute atomic E-state index is 13.1. The number of benzene rings is 1. The van der Waals surface area contributed by atoms with E-state index >= 15 is 0 Å².